The smallest absolute Gasteiger partial charge is 0.187 e. The first-order chi connectivity index (χ1) is 49.5. The molecule has 0 amide bonds. The van der Waals surface area contributed by atoms with Gasteiger partial charge in [0, 0.05) is 0 Å². The largest absolute Gasteiger partial charge is 0.374 e. The van der Waals surface area contributed by atoms with Gasteiger partial charge < -0.3 is 76.2 Å². The lowest BCUT2D eigenvalue weighted by Crippen LogP contribution is -2.68. The van der Waals surface area contributed by atoms with Gasteiger partial charge in [-0.3, -0.25) is 0 Å². The molecule has 0 aromatic heterocycles. The molecule has 12 rings (SSSR count). The average molecular weight is 1350 g/mol. The second-order valence-electron chi connectivity index (χ2n) is 24.9. The number of aliphatic hydroxyl groups is 1. The van der Waals surface area contributed by atoms with Crippen molar-refractivity contribution in [2.45, 2.75) is 152 Å². The van der Waals surface area contributed by atoms with E-state index < -0.39 is 92.1 Å². The number of rotatable bonds is 36. The van der Waals surface area contributed by atoms with Crippen molar-refractivity contribution >= 4 is 0 Å². The van der Waals surface area contributed by atoms with Crippen LogP contribution in [-0.4, -0.2) is 124 Å². The normalized spacial score (nSPS) is 25.2. The van der Waals surface area contributed by atoms with E-state index in [1.807, 2.05) is 273 Å². The van der Waals surface area contributed by atoms with Gasteiger partial charge in [-0.25, -0.2) is 0 Å². The van der Waals surface area contributed by atoms with E-state index in [1.165, 1.54) is 0 Å². The first kappa shape index (κ1) is 71.7. The first-order valence-corrected chi connectivity index (χ1v) is 34.3. The molecule has 1 unspecified atom stereocenters. The van der Waals surface area contributed by atoms with Gasteiger partial charge >= 0.3 is 0 Å². The molecule has 1 N–H and O–H groups in total. The quantitative estimate of drug-likeness (QED) is 0.0369. The van der Waals surface area contributed by atoms with Crippen LogP contribution in [0.4, 0.5) is 0 Å². The Morgan fingerprint density at radius 3 is 0.780 bits per heavy atom. The van der Waals surface area contributed by atoms with E-state index >= 15 is 0 Å². The third kappa shape index (κ3) is 21.0. The summed E-state index contributed by atoms with van der Waals surface area (Å²) in [7, 11) is 0. The molecule has 9 aromatic rings. The van der Waals surface area contributed by atoms with E-state index in [-0.39, 0.29) is 85.9 Å². The van der Waals surface area contributed by atoms with Crippen LogP contribution in [0.1, 0.15) is 50.1 Å². The molecule has 0 bridgehead atoms. The number of ether oxygens (including phenoxy) is 15. The van der Waals surface area contributed by atoms with Crippen molar-refractivity contribution < 1.29 is 76.2 Å². The SMILES string of the molecule is C#CCO[C@@H]1[C@H](OCc2ccccc2)[C@H](OCc2ccccc2)[C@H](O[C@H]2[C@@H](OCc3ccccc3)[C@H](OCc3ccccc3)[C@H](O[C@@H]3C(COCc4ccccc4)O[C@H](O)[C@H](OCc4ccccc4)[C@@H]3OCc3ccccc3)O[C@@H]2COCc2ccccc2)O[C@H]1COCc1ccccc1. The van der Waals surface area contributed by atoms with Gasteiger partial charge in [-0.05, 0) is 50.1 Å². The van der Waals surface area contributed by atoms with Crippen molar-refractivity contribution in [1.29, 1.82) is 0 Å². The Bertz CT molecular complexity index is 3740. The Morgan fingerprint density at radius 1 is 0.260 bits per heavy atom. The Kier molecular flexibility index (Phi) is 27.7. The topological polar surface area (TPSA) is 159 Å². The van der Waals surface area contributed by atoms with Crippen LogP contribution in [0.25, 0.3) is 0 Å². The van der Waals surface area contributed by atoms with Gasteiger partial charge in [0.1, 0.15) is 79.9 Å². The van der Waals surface area contributed by atoms with Crippen molar-refractivity contribution in [2.24, 2.45) is 0 Å². The number of hydrogen-bond donors (Lipinski definition) is 1. The van der Waals surface area contributed by atoms with Crippen LogP contribution in [0.2, 0.25) is 0 Å². The number of aliphatic hydroxyl groups excluding tert-OH is 1. The highest BCUT2D eigenvalue weighted by molar-refractivity contribution is 5.21. The summed E-state index contributed by atoms with van der Waals surface area (Å²) in [4.78, 5) is 0. The molecule has 3 aliphatic heterocycles. The van der Waals surface area contributed by atoms with Crippen molar-refractivity contribution in [3.8, 4) is 12.3 Å². The molecule has 0 aliphatic carbocycles. The lowest BCUT2D eigenvalue weighted by atomic mass is 9.95. The van der Waals surface area contributed by atoms with E-state index in [0.29, 0.717) is 0 Å². The summed E-state index contributed by atoms with van der Waals surface area (Å²) in [6.07, 6.45) is -10.2. The third-order valence-corrected chi connectivity index (χ3v) is 17.6. The maximum atomic E-state index is 12.3. The minimum absolute atomic E-state index is 0.0377. The molecule has 520 valence electrons. The molecule has 100 heavy (non-hydrogen) atoms. The molecular formula is C84H88O16. The zero-order valence-corrected chi connectivity index (χ0v) is 56.0. The second-order valence-corrected chi connectivity index (χ2v) is 24.9. The van der Waals surface area contributed by atoms with Crippen LogP contribution in [-0.2, 0) is 131 Å². The van der Waals surface area contributed by atoms with Crippen molar-refractivity contribution in [2.75, 3.05) is 26.4 Å². The molecule has 0 saturated carbocycles. The van der Waals surface area contributed by atoms with Crippen LogP contribution in [0.15, 0.2) is 273 Å². The highest BCUT2D eigenvalue weighted by Crippen LogP contribution is 2.39. The lowest BCUT2D eigenvalue weighted by molar-refractivity contribution is -0.393. The van der Waals surface area contributed by atoms with Crippen LogP contribution in [0.3, 0.4) is 0 Å². The average Bonchev–Trinajstić information content (AvgIpc) is 0.765. The zero-order valence-electron chi connectivity index (χ0n) is 56.0. The summed E-state index contributed by atoms with van der Waals surface area (Å²) >= 11 is 0. The van der Waals surface area contributed by atoms with E-state index in [0.717, 1.165) is 50.1 Å². The van der Waals surface area contributed by atoms with Gasteiger partial charge in [-0.2, -0.15) is 0 Å². The van der Waals surface area contributed by atoms with Gasteiger partial charge in [0.2, 0.25) is 0 Å². The van der Waals surface area contributed by atoms with Crippen LogP contribution in [0, 0.1) is 12.3 Å². The summed E-state index contributed by atoms with van der Waals surface area (Å²) in [5, 5.41) is 12.3. The highest BCUT2D eigenvalue weighted by atomic mass is 16.8. The van der Waals surface area contributed by atoms with Crippen molar-refractivity contribution in [3.63, 3.8) is 0 Å². The lowest BCUT2D eigenvalue weighted by Gasteiger charge is -2.51. The van der Waals surface area contributed by atoms with Crippen LogP contribution < -0.4 is 0 Å². The summed E-state index contributed by atoms with van der Waals surface area (Å²) in [6.45, 7) is 1.29. The fraction of sp³-hybridized carbons (Fsp3) is 0.333. The fourth-order valence-corrected chi connectivity index (χ4v) is 12.6. The summed E-state index contributed by atoms with van der Waals surface area (Å²) in [5.41, 5.74) is 8.14. The molecule has 9 aromatic carbocycles. The molecule has 15 atom stereocenters. The van der Waals surface area contributed by atoms with Gasteiger partial charge in [-0.1, -0.05) is 279 Å². The molecule has 3 saturated heterocycles. The fourth-order valence-electron chi connectivity index (χ4n) is 12.6. The van der Waals surface area contributed by atoms with Crippen molar-refractivity contribution in [1.82, 2.24) is 0 Å². The Hall–Kier alpha value is -8.10. The van der Waals surface area contributed by atoms with E-state index in [9.17, 15) is 5.11 Å². The molecule has 16 heteroatoms. The number of terminal acetylenes is 1. The summed E-state index contributed by atoms with van der Waals surface area (Å²) in [5.74, 6) is 2.69. The second kappa shape index (κ2) is 38.6. The van der Waals surface area contributed by atoms with Gasteiger partial charge in [0.15, 0.2) is 18.9 Å². The highest BCUT2D eigenvalue weighted by Gasteiger charge is 2.57. The van der Waals surface area contributed by atoms with Crippen LogP contribution in [0.5, 0.6) is 0 Å². The number of benzene rings is 9. The van der Waals surface area contributed by atoms with Crippen LogP contribution >= 0.6 is 0 Å². The minimum Gasteiger partial charge on any atom is -0.374 e. The third-order valence-electron chi connectivity index (χ3n) is 17.6. The Morgan fingerprint density at radius 2 is 0.490 bits per heavy atom. The standard InChI is InChI=1S/C84H88O16/c1-2-48-89-73-70(58-86-49-61-30-12-3-13-31-61)97-83(80(94-56-68-44-26-10-27-45-68)76(73)90-52-64-36-18-6-19-37-64)100-75-72(60-88-51-63-34-16-5-17-35-63)98-84(81(95-57-69-46-28-11-29-47-69)78(75)92-54-66-40-22-8-23-41-66)99-74-71(59-87-50-62-32-14-4-15-33-62)96-82(85)79(93-55-67-42-24-9-25-43-67)77(74)91-53-65-38-20-7-21-39-65/h1,3-47,70-85H,48-60H2/t70-,71?,72+,73-,74+,75+,76-,77+,78+,79+,80-,81-,82-,83-,84-/m0/s1. The summed E-state index contributed by atoms with van der Waals surface area (Å²) in [6, 6.07) is 88.8. The maximum Gasteiger partial charge on any atom is 0.187 e. The molecule has 3 aliphatic rings. The van der Waals surface area contributed by atoms with E-state index in [1.54, 1.807) is 0 Å². The molecular weight excluding hydrogens is 1260 g/mol. The predicted molar refractivity (Wildman–Crippen MR) is 375 cm³/mol. The Balaban J connectivity index is 0.974. The molecule has 16 nitrogen and oxygen atoms in total. The Labute approximate surface area is 586 Å². The monoisotopic (exact) mass is 1350 g/mol. The predicted octanol–water partition coefficient (Wildman–Crippen LogP) is 13.1. The molecule has 0 radical (unpaired) electrons. The minimum atomic E-state index is -1.50. The molecule has 3 fully saturated rings. The zero-order chi connectivity index (χ0) is 68.2. The van der Waals surface area contributed by atoms with Gasteiger partial charge in [-0.15, -0.1) is 6.42 Å². The first-order valence-electron chi connectivity index (χ1n) is 34.3. The van der Waals surface area contributed by atoms with E-state index in [2.05, 4.69) is 5.92 Å². The molecule has 3 heterocycles. The van der Waals surface area contributed by atoms with Gasteiger partial charge in [0.05, 0.1) is 79.3 Å². The number of hydrogen-bond acceptors (Lipinski definition) is 16. The van der Waals surface area contributed by atoms with Crippen molar-refractivity contribution in [3.05, 3.63) is 323 Å². The molecule has 0 spiro atoms. The van der Waals surface area contributed by atoms with E-state index in [4.69, 9.17) is 77.5 Å². The summed E-state index contributed by atoms with van der Waals surface area (Å²) < 4.78 is 107. The maximum absolute atomic E-state index is 12.3. The van der Waals surface area contributed by atoms with Gasteiger partial charge in [0.25, 0.3) is 0 Å².